The van der Waals surface area contributed by atoms with Crippen molar-refractivity contribution in [3.05, 3.63) is 66.4 Å². The van der Waals surface area contributed by atoms with Gasteiger partial charge in [-0.25, -0.2) is 9.97 Å². The van der Waals surface area contributed by atoms with Gasteiger partial charge in [-0.05, 0) is 23.8 Å². The van der Waals surface area contributed by atoms with Crippen molar-refractivity contribution in [1.82, 2.24) is 30.0 Å². The number of rotatable bonds is 7. The lowest BCUT2D eigenvalue weighted by Crippen LogP contribution is -2.29. The maximum Gasteiger partial charge on any atom is 0.251 e. The van der Waals surface area contributed by atoms with Gasteiger partial charge in [0, 0.05) is 42.0 Å². The summed E-state index contributed by atoms with van der Waals surface area (Å²) in [5.41, 5.74) is 9.12. The molecule has 3 aromatic heterocycles. The van der Waals surface area contributed by atoms with Crippen LogP contribution in [-0.4, -0.2) is 43.7 Å². The zero-order chi connectivity index (χ0) is 20.9. The molecule has 0 fully saturated rings. The van der Waals surface area contributed by atoms with Gasteiger partial charge >= 0.3 is 0 Å². The molecule has 30 heavy (non-hydrogen) atoms. The first-order valence-corrected chi connectivity index (χ1v) is 9.49. The van der Waals surface area contributed by atoms with E-state index in [1.807, 2.05) is 24.5 Å². The summed E-state index contributed by atoms with van der Waals surface area (Å²) in [4.78, 5) is 24.0. The van der Waals surface area contributed by atoms with Crippen LogP contribution in [0.5, 0.6) is 0 Å². The highest BCUT2D eigenvalue weighted by Crippen LogP contribution is 2.28. The Labute approximate surface area is 172 Å². The molecule has 3 heterocycles. The number of fused-ring (bicyclic) bond motifs is 1. The van der Waals surface area contributed by atoms with Crippen LogP contribution in [0.1, 0.15) is 28.4 Å². The lowest BCUT2D eigenvalue weighted by molar-refractivity contribution is 0.0954. The highest BCUT2D eigenvalue weighted by molar-refractivity contribution is 5.94. The molecule has 1 atom stereocenters. The maximum atomic E-state index is 12.3. The van der Waals surface area contributed by atoms with E-state index in [0.29, 0.717) is 18.7 Å². The van der Waals surface area contributed by atoms with E-state index in [-0.39, 0.29) is 18.4 Å². The fraction of sp³-hybridized carbons (Fsp3) is 0.190. The van der Waals surface area contributed by atoms with Crippen molar-refractivity contribution >= 4 is 16.9 Å². The Hall–Kier alpha value is -4.03. The summed E-state index contributed by atoms with van der Waals surface area (Å²) < 4.78 is 1.73. The number of hydrogen-bond donors (Lipinski definition) is 3. The number of nitriles is 1. The average Bonchev–Trinajstić information content (AvgIpc) is 3.45. The van der Waals surface area contributed by atoms with Gasteiger partial charge < -0.3 is 16.0 Å². The molecule has 0 aliphatic carbocycles. The number of H-pyrrole nitrogens is 1. The van der Waals surface area contributed by atoms with Gasteiger partial charge in [0.25, 0.3) is 5.91 Å². The molecule has 0 radical (unpaired) electrons. The lowest BCUT2D eigenvalue weighted by atomic mass is 10.0. The van der Waals surface area contributed by atoms with Crippen molar-refractivity contribution in [3.63, 3.8) is 0 Å². The highest BCUT2D eigenvalue weighted by atomic mass is 16.1. The molecule has 0 saturated carbocycles. The first-order valence-electron chi connectivity index (χ1n) is 9.49. The van der Waals surface area contributed by atoms with E-state index in [2.05, 4.69) is 31.4 Å². The second-order valence-corrected chi connectivity index (χ2v) is 6.72. The standard InChI is InChI=1S/C21H20N8O/c22-6-4-18(14-2-1-3-15(10-14)21(30)25-9-7-23)29-12-16(11-28-29)19-17-5-8-24-20(17)27-13-26-19/h1-3,5,8,10-13,18H,4,7,9,23H2,(H,25,30)(H,24,26,27). The van der Waals surface area contributed by atoms with E-state index in [4.69, 9.17) is 5.73 Å². The van der Waals surface area contributed by atoms with Crippen LogP contribution in [0.2, 0.25) is 0 Å². The van der Waals surface area contributed by atoms with Crippen LogP contribution in [0.4, 0.5) is 0 Å². The number of nitrogens with one attached hydrogen (secondary N) is 2. The molecule has 9 heteroatoms. The third-order valence-corrected chi connectivity index (χ3v) is 4.80. The summed E-state index contributed by atoms with van der Waals surface area (Å²) in [6.45, 7) is 0.774. The van der Waals surface area contributed by atoms with E-state index in [1.54, 1.807) is 29.1 Å². The van der Waals surface area contributed by atoms with E-state index < -0.39 is 0 Å². The SMILES string of the molecule is N#CCC(c1cccc(C(=O)NCCN)c1)n1cc(-c2ncnc3[nH]ccc23)cn1. The molecule has 0 bridgehead atoms. The number of carbonyl (C=O) groups excluding carboxylic acids is 1. The third kappa shape index (κ3) is 3.76. The van der Waals surface area contributed by atoms with E-state index in [0.717, 1.165) is 27.9 Å². The number of nitrogens with zero attached hydrogens (tertiary/aromatic N) is 5. The topological polar surface area (TPSA) is 138 Å². The molecule has 1 unspecified atom stereocenters. The first-order chi connectivity index (χ1) is 14.7. The zero-order valence-corrected chi connectivity index (χ0v) is 16.1. The Bertz CT molecular complexity index is 1220. The minimum atomic E-state index is -0.338. The van der Waals surface area contributed by atoms with Crippen LogP contribution < -0.4 is 11.1 Å². The number of amides is 1. The van der Waals surface area contributed by atoms with Gasteiger partial charge in [-0.15, -0.1) is 0 Å². The van der Waals surface area contributed by atoms with Crippen LogP contribution in [0.15, 0.2) is 55.2 Å². The molecule has 0 aliphatic rings. The van der Waals surface area contributed by atoms with Gasteiger partial charge in [0.15, 0.2) is 0 Å². The molecular weight excluding hydrogens is 380 g/mol. The van der Waals surface area contributed by atoms with Crippen molar-refractivity contribution in [3.8, 4) is 17.3 Å². The van der Waals surface area contributed by atoms with Gasteiger partial charge in [0.1, 0.15) is 12.0 Å². The molecule has 4 aromatic rings. The zero-order valence-electron chi connectivity index (χ0n) is 16.1. The molecule has 4 rings (SSSR count). The van der Waals surface area contributed by atoms with Gasteiger partial charge in [0.2, 0.25) is 0 Å². The molecule has 9 nitrogen and oxygen atoms in total. The monoisotopic (exact) mass is 400 g/mol. The number of carbonyl (C=O) groups is 1. The summed E-state index contributed by atoms with van der Waals surface area (Å²) in [6.07, 6.45) is 7.10. The number of nitrogens with two attached hydrogens (primary N) is 1. The highest BCUT2D eigenvalue weighted by Gasteiger charge is 2.18. The molecule has 0 aliphatic heterocycles. The Morgan fingerprint density at radius 1 is 1.33 bits per heavy atom. The van der Waals surface area contributed by atoms with Crippen molar-refractivity contribution in [1.29, 1.82) is 5.26 Å². The Morgan fingerprint density at radius 3 is 3.07 bits per heavy atom. The quantitative estimate of drug-likeness (QED) is 0.434. The van der Waals surface area contributed by atoms with E-state index >= 15 is 0 Å². The van der Waals surface area contributed by atoms with E-state index in [9.17, 15) is 10.1 Å². The molecule has 0 saturated heterocycles. The maximum absolute atomic E-state index is 12.3. The van der Waals surface area contributed by atoms with Gasteiger partial charge in [-0.1, -0.05) is 12.1 Å². The summed E-state index contributed by atoms with van der Waals surface area (Å²) in [5.74, 6) is -0.199. The van der Waals surface area contributed by atoms with Crippen LogP contribution in [0.3, 0.4) is 0 Å². The number of aromatic amines is 1. The van der Waals surface area contributed by atoms with Crippen LogP contribution in [0.25, 0.3) is 22.3 Å². The molecule has 1 amide bonds. The first kappa shape index (κ1) is 19.3. The van der Waals surface area contributed by atoms with Gasteiger partial charge in [0.05, 0.1) is 30.4 Å². The largest absolute Gasteiger partial charge is 0.351 e. The second kappa shape index (κ2) is 8.55. The lowest BCUT2D eigenvalue weighted by Gasteiger charge is -2.16. The van der Waals surface area contributed by atoms with Crippen molar-refractivity contribution in [2.75, 3.05) is 13.1 Å². The Kier molecular flexibility index (Phi) is 5.50. The smallest absolute Gasteiger partial charge is 0.251 e. The van der Waals surface area contributed by atoms with Crippen LogP contribution >= 0.6 is 0 Å². The number of benzene rings is 1. The minimum Gasteiger partial charge on any atom is -0.351 e. The summed E-state index contributed by atoms with van der Waals surface area (Å²) >= 11 is 0. The minimum absolute atomic E-state index is 0.199. The average molecular weight is 400 g/mol. The molecular formula is C21H20N8O. The molecule has 0 spiro atoms. The number of hydrogen-bond acceptors (Lipinski definition) is 6. The summed E-state index contributed by atoms with van der Waals surface area (Å²) in [7, 11) is 0. The predicted molar refractivity (Wildman–Crippen MR) is 111 cm³/mol. The van der Waals surface area contributed by atoms with Crippen molar-refractivity contribution in [2.24, 2.45) is 5.73 Å². The second-order valence-electron chi connectivity index (χ2n) is 6.72. The van der Waals surface area contributed by atoms with E-state index in [1.165, 1.54) is 6.33 Å². The molecule has 150 valence electrons. The summed E-state index contributed by atoms with van der Waals surface area (Å²) in [6, 6.07) is 11.0. The Morgan fingerprint density at radius 2 is 2.23 bits per heavy atom. The van der Waals surface area contributed by atoms with Gasteiger partial charge in [-0.2, -0.15) is 10.4 Å². The van der Waals surface area contributed by atoms with Crippen LogP contribution in [0, 0.1) is 11.3 Å². The van der Waals surface area contributed by atoms with Crippen molar-refractivity contribution < 1.29 is 4.79 Å². The van der Waals surface area contributed by atoms with Crippen LogP contribution in [-0.2, 0) is 0 Å². The molecule has 4 N–H and O–H groups in total. The Balaban J connectivity index is 1.67. The fourth-order valence-electron chi connectivity index (χ4n) is 3.36. The third-order valence-electron chi connectivity index (χ3n) is 4.80. The number of aromatic nitrogens is 5. The fourth-order valence-corrected chi connectivity index (χ4v) is 3.36. The van der Waals surface area contributed by atoms with Gasteiger partial charge in [-0.3, -0.25) is 9.48 Å². The molecule has 1 aromatic carbocycles. The normalized spacial score (nSPS) is 11.9. The predicted octanol–water partition coefficient (Wildman–Crippen LogP) is 2.01. The van der Waals surface area contributed by atoms with Crippen molar-refractivity contribution in [2.45, 2.75) is 12.5 Å². The summed E-state index contributed by atoms with van der Waals surface area (Å²) in [5, 5.41) is 17.5.